The molecule has 1 aromatic rings. The standard InChI is InChI=1S/C15H22ClFN2/c1-2-19(15-5-3-4-11(15)9-18)10-12-8-13(17)6-7-14(12)16/h6-8,11,15H,2-5,9-10,18H2,1H3. The van der Waals surface area contributed by atoms with E-state index in [0.29, 0.717) is 23.5 Å². The first-order chi connectivity index (χ1) is 9.15. The molecule has 1 aliphatic rings. The minimum absolute atomic E-state index is 0.225. The number of nitrogens with zero attached hydrogens (tertiary/aromatic N) is 1. The third kappa shape index (κ3) is 3.47. The molecule has 1 aromatic carbocycles. The van der Waals surface area contributed by atoms with Crippen molar-refractivity contribution < 1.29 is 4.39 Å². The number of benzene rings is 1. The molecule has 1 aliphatic carbocycles. The topological polar surface area (TPSA) is 29.3 Å². The van der Waals surface area contributed by atoms with Crippen LogP contribution in [-0.4, -0.2) is 24.0 Å². The smallest absolute Gasteiger partial charge is 0.123 e. The van der Waals surface area contributed by atoms with Gasteiger partial charge in [-0.05, 0) is 55.6 Å². The van der Waals surface area contributed by atoms with Crippen LogP contribution in [0.15, 0.2) is 18.2 Å². The van der Waals surface area contributed by atoms with Gasteiger partial charge >= 0.3 is 0 Å². The van der Waals surface area contributed by atoms with Crippen LogP contribution in [-0.2, 0) is 6.54 Å². The lowest BCUT2D eigenvalue weighted by Crippen LogP contribution is -2.39. The molecule has 4 heteroatoms. The average molecular weight is 285 g/mol. The Morgan fingerprint density at radius 2 is 2.21 bits per heavy atom. The van der Waals surface area contributed by atoms with Gasteiger partial charge in [0.15, 0.2) is 0 Å². The third-order valence-electron chi connectivity index (χ3n) is 4.18. The lowest BCUT2D eigenvalue weighted by atomic mass is 10.0. The fourth-order valence-electron chi connectivity index (χ4n) is 3.12. The molecular weight excluding hydrogens is 263 g/mol. The summed E-state index contributed by atoms with van der Waals surface area (Å²) in [7, 11) is 0. The summed E-state index contributed by atoms with van der Waals surface area (Å²) in [5.74, 6) is 0.338. The van der Waals surface area contributed by atoms with Crippen LogP contribution in [0.25, 0.3) is 0 Å². The second kappa shape index (κ2) is 6.69. The lowest BCUT2D eigenvalue weighted by molar-refractivity contribution is 0.162. The average Bonchev–Trinajstić information content (AvgIpc) is 2.88. The van der Waals surface area contributed by atoms with E-state index in [0.717, 1.165) is 18.7 Å². The van der Waals surface area contributed by atoms with Crippen LogP contribution in [0.2, 0.25) is 5.02 Å². The molecule has 1 saturated carbocycles. The van der Waals surface area contributed by atoms with Crippen LogP contribution in [0.1, 0.15) is 31.7 Å². The maximum Gasteiger partial charge on any atom is 0.123 e. The van der Waals surface area contributed by atoms with Gasteiger partial charge in [0.2, 0.25) is 0 Å². The summed E-state index contributed by atoms with van der Waals surface area (Å²) in [6, 6.07) is 5.08. The molecule has 0 bridgehead atoms. The van der Waals surface area contributed by atoms with Crippen molar-refractivity contribution in [2.45, 2.75) is 38.8 Å². The van der Waals surface area contributed by atoms with Crippen molar-refractivity contribution in [1.29, 1.82) is 0 Å². The van der Waals surface area contributed by atoms with Crippen molar-refractivity contribution >= 4 is 11.6 Å². The van der Waals surface area contributed by atoms with E-state index in [-0.39, 0.29) is 5.82 Å². The SMILES string of the molecule is CCN(Cc1cc(F)ccc1Cl)C1CCCC1CN. The highest BCUT2D eigenvalue weighted by Crippen LogP contribution is 2.31. The molecule has 2 N–H and O–H groups in total. The van der Waals surface area contributed by atoms with Gasteiger partial charge in [-0.1, -0.05) is 24.9 Å². The predicted octanol–water partition coefficient (Wildman–Crippen LogP) is 3.43. The Bertz CT molecular complexity index is 425. The summed E-state index contributed by atoms with van der Waals surface area (Å²) < 4.78 is 13.3. The van der Waals surface area contributed by atoms with Crippen molar-refractivity contribution in [2.75, 3.05) is 13.1 Å². The molecule has 0 aliphatic heterocycles. The van der Waals surface area contributed by atoms with Crippen molar-refractivity contribution in [3.63, 3.8) is 0 Å². The molecular formula is C15H22ClFN2. The molecule has 0 radical (unpaired) electrons. The first-order valence-corrected chi connectivity index (χ1v) is 7.41. The summed E-state index contributed by atoms with van der Waals surface area (Å²) in [5, 5.41) is 0.641. The van der Waals surface area contributed by atoms with Crippen molar-refractivity contribution in [2.24, 2.45) is 11.7 Å². The van der Waals surface area contributed by atoms with E-state index in [4.69, 9.17) is 17.3 Å². The van der Waals surface area contributed by atoms with E-state index in [9.17, 15) is 4.39 Å². The predicted molar refractivity (Wildman–Crippen MR) is 77.7 cm³/mol. The van der Waals surface area contributed by atoms with E-state index in [1.54, 1.807) is 6.07 Å². The minimum Gasteiger partial charge on any atom is -0.330 e. The first-order valence-electron chi connectivity index (χ1n) is 7.03. The Morgan fingerprint density at radius 3 is 2.89 bits per heavy atom. The van der Waals surface area contributed by atoms with Gasteiger partial charge in [-0.3, -0.25) is 4.90 Å². The molecule has 0 amide bonds. The molecule has 2 rings (SSSR count). The van der Waals surface area contributed by atoms with Gasteiger partial charge in [-0.2, -0.15) is 0 Å². The maximum absolute atomic E-state index is 13.3. The van der Waals surface area contributed by atoms with Gasteiger partial charge in [0.1, 0.15) is 5.82 Å². The van der Waals surface area contributed by atoms with Crippen LogP contribution < -0.4 is 5.73 Å². The quantitative estimate of drug-likeness (QED) is 0.898. The van der Waals surface area contributed by atoms with Crippen molar-refractivity contribution in [3.8, 4) is 0 Å². The number of hydrogen-bond acceptors (Lipinski definition) is 2. The minimum atomic E-state index is -0.225. The van der Waals surface area contributed by atoms with E-state index in [1.165, 1.54) is 31.4 Å². The Labute approximate surface area is 119 Å². The summed E-state index contributed by atoms with van der Waals surface area (Å²) in [5.41, 5.74) is 6.72. The number of rotatable bonds is 5. The summed E-state index contributed by atoms with van der Waals surface area (Å²) in [6.45, 7) is 4.51. The van der Waals surface area contributed by atoms with Gasteiger partial charge in [-0.15, -0.1) is 0 Å². The number of halogens is 2. The van der Waals surface area contributed by atoms with Crippen LogP contribution >= 0.6 is 11.6 Å². The molecule has 1 fully saturated rings. The van der Waals surface area contributed by atoms with E-state index < -0.39 is 0 Å². The monoisotopic (exact) mass is 284 g/mol. The van der Waals surface area contributed by atoms with Gasteiger partial charge in [0.05, 0.1) is 0 Å². The summed E-state index contributed by atoms with van der Waals surface area (Å²) in [6.07, 6.45) is 3.62. The number of nitrogens with two attached hydrogens (primary N) is 1. The second-order valence-corrected chi connectivity index (χ2v) is 5.70. The van der Waals surface area contributed by atoms with Gasteiger partial charge < -0.3 is 5.73 Å². The Balaban J connectivity index is 2.12. The second-order valence-electron chi connectivity index (χ2n) is 5.29. The van der Waals surface area contributed by atoms with Crippen LogP contribution in [0.4, 0.5) is 4.39 Å². The Kier molecular flexibility index (Phi) is 5.20. The lowest BCUT2D eigenvalue weighted by Gasteiger charge is -2.32. The highest BCUT2D eigenvalue weighted by Gasteiger charge is 2.30. The van der Waals surface area contributed by atoms with Crippen LogP contribution in [0.5, 0.6) is 0 Å². The molecule has 0 heterocycles. The van der Waals surface area contributed by atoms with Gasteiger partial charge in [0.25, 0.3) is 0 Å². The zero-order valence-corrected chi connectivity index (χ0v) is 12.2. The Morgan fingerprint density at radius 1 is 1.42 bits per heavy atom. The highest BCUT2D eigenvalue weighted by atomic mass is 35.5. The molecule has 0 saturated heterocycles. The van der Waals surface area contributed by atoms with Crippen molar-refractivity contribution in [3.05, 3.63) is 34.6 Å². The van der Waals surface area contributed by atoms with E-state index in [2.05, 4.69) is 11.8 Å². The highest BCUT2D eigenvalue weighted by molar-refractivity contribution is 6.31. The molecule has 19 heavy (non-hydrogen) atoms. The largest absolute Gasteiger partial charge is 0.330 e. The molecule has 106 valence electrons. The molecule has 0 aromatic heterocycles. The molecule has 0 spiro atoms. The normalized spacial score (nSPS) is 23.2. The third-order valence-corrected chi connectivity index (χ3v) is 4.55. The maximum atomic E-state index is 13.3. The van der Waals surface area contributed by atoms with E-state index >= 15 is 0 Å². The fourth-order valence-corrected chi connectivity index (χ4v) is 3.30. The zero-order valence-electron chi connectivity index (χ0n) is 11.4. The summed E-state index contributed by atoms with van der Waals surface area (Å²) in [4.78, 5) is 2.38. The van der Waals surface area contributed by atoms with Gasteiger partial charge in [0, 0.05) is 17.6 Å². The first kappa shape index (κ1) is 14.8. The zero-order chi connectivity index (χ0) is 13.8. The van der Waals surface area contributed by atoms with Crippen LogP contribution in [0.3, 0.4) is 0 Å². The van der Waals surface area contributed by atoms with Crippen molar-refractivity contribution in [1.82, 2.24) is 4.90 Å². The summed E-state index contributed by atoms with van der Waals surface area (Å²) >= 11 is 6.16. The Hall–Kier alpha value is -0.640. The molecule has 2 unspecified atom stereocenters. The number of hydrogen-bond donors (Lipinski definition) is 1. The fraction of sp³-hybridized carbons (Fsp3) is 0.600. The van der Waals surface area contributed by atoms with Crippen LogP contribution in [0, 0.1) is 11.7 Å². The van der Waals surface area contributed by atoms with E-state index in [1.807, 2.05) is 0 Å². The molecule has 2 nitrogen and oxygen atoms in total. The van der Waals surface area contributed by atoms with Gasteiger partial charge in [-0.25, -0.2) is 4.39 Å². The molecule has 2 atom stereocenters.